The molecule has 0 unspecified atom stereocenters. The molecule has 0 saturated heterocycles. The van der Waals surface area contributed by atoms with E-state index in [0.29, 0.717) is 37.1 Å². The van der Waals surface area contributed by atoms with Gasteiger partial charge in [-0.1, -0.05) is 29.8 Å². The fourth-order valence-electron chi connectivity index (χ4n) is 4.11. The van der Waals surface area contributed by atoms with Crippen molar-refractivity contribution >= 4 is 45.5 Å². The highest BCUT2D eigenvalue weighted by Crippen LogP contribution is 2.18. The second-order valence-electron chi connectivity index (χ2n) is 8.85. The molecule has 7 nitrogen and oxygen atoms in total. The van der Waals surface area contributed by atoms with Gasteiger partial charge in [0, 0.05) is 40.4 Å². The molecule has 0 bridgehead atoms. The van der Waals surface area contributed by atoms with Crippen LogP contribution in [0.15, 0.2) is 81.8 Å². The first-order valence-electron chi connectivity index (χ1n) is 11.9. The number of furan rings is 1. The lowest BCUT2D eigenvalue weighted by atomic mass is 10.1. The van der Waals surface area contributed by atoms with Crippen molar-refractivity contribution in [3.63, 3.8) is 0 Å². The predicted octanol–water partition coefficient (Wildman–Crippen LogP) is 5.27. The molecule has 0 saturated carbocycles. The third-order valence-electron chi connectivity index (χ3n) is 6.15. The Morgan fingerprint density at radius 2 is 1.97 bits per heavy atom. The summed E-state index contributed by atoms with van der Waals surface area (Å²) in [6, 6.07) is 14.6. The highest BCUT2D eigenvalue weighted by molar-refractivity contribution is 7.09. The van der Waals surface area contributed by atoms with E-state index in [-0.39, 0.29) is 11.8 Å². The van der Waals surface area contributed by atoms with E-state index in [9.17, 15) is 9.59 Å². The summed E-state index contributed by atoms with van der Waals surface area (Å²) in [5.74, 6) is -0.459. The van der Waals surface area contributed by atoms with E-state index in [1.165, 1.54) is 28.2 Å². The number of hydrogen-bond donors (Lipinski definition) is 1. The lowest BCUT2D eigenvalue weighted by molar-refractivity contribution is -0.133. The van der Waals surface area contributed by atoms with Gasteiger partial charge in [0.15, 0.2) is 0 Å². The molecule has 0 aliphatic heterocycles. The van der Waals surface area contributed by atoms with Gasteiger partial charge in [-0.2, -0.15) is 0 Å². The van der Waals surface area contributed by atoms with E-state index in [2.05, 4.69) is 46.5 Å². The Bertz CT molecular complexity index is 1460. The Morgan fingerprint density at radius 1 is 1.11 bits per heavy atom. The number of aryl methyl sites for hydroxylation is 1. The number of benzene rings is 2. The molecule has 0 aliphatic rings. The van der Waals surface area contributed by atoms with E-state index in [1.54, 1.807) is 41.7 Å². The fraction of sp³-hybridized carbons (Fsp3) is 0.214. The lowest BCUT2D eigenvalue weighted by Gasteiger charge is -2.27. The zero-order chi connectivity index (χ0) is 25.6. The summed E-state index contributed by atoms with van der Waals surface area (Å²) in [4.78, 5) is 38.6. The molecule has 0 aliphatic carbocycles. The molecule has 1 atom stereocenters. The van der Waals surface area contributed by atoms with Crippen molar-refractivity contribution in [2.24, 2.45) is 0 Å². The van der Waals surface area contributed by atoms with Crippen molar-refractivity contribution in [3.8, 4) is 0 Å². The third-order valence-corrected chi connectivity index (χ3v) is 7.55. The van der Waals surface area contributed by atoms with Crippen LogP contribution in [-0.4, -0.2) is 39.3 Å². The number of nitrogens with one attached hydrogen (secondary N) is 1. The Morgan fingerprint density at radius 3 is 2.73 bits per heavy atom. The first kappa shape index (κ1) is 24.9. The van der Waals surface area contributed by atoms with E-state index in [4.69, 9.17) is 4.42 Å². The number of amides is 2. The maximum atomic E-state index is 14.0. The van der Waals surface area contributed by atoms with Gasteiger partial charge < -0.3 is 14.6 Å². The van der Waals surface area contributed by atoms with Crippen LogP contribution in [0, 0.1) is 6.92 Å². The van der Waals surface area contributed by atoms with Crippen LogP contribution in [0.2, 0.25) is 0 Å². The summed E-state index contributed by atoms with van der Waals surface area (Å²) in [7, 11) is 0. The first-order valence-corrected chi connectivity index (χ1v) is 13.7. The third kappa shape index (κ3) is 6.31. The van der Waals surface area contributed by atoms with Crippen molar-refractivity contribution in [1.29, 1.82) is 0 Å². The second kappa shape index (κ2) is 11.5. The van der Waals surface area contributed by atoms with Gasteiger partial charge in [-0.15, -0.1) is 22.7 Å². The van der Waals surface area contributed by atoms with Gasteiger partial charge in [0.05, 0.1) is 29.5 Å². The molecule has 5 aromatic rings. The second-order valence-corrected chi connectivity index (χ2v) is 10.5. The van der Waals surface area contributed by atoms with Crippen LogP contribution < -0.4 is 5.32 Å². The molecule has 0 radical (unpaired) electrons. The molecule has 2 amide bonds. The van der Waals surface area contributed by atoms with Gasteiger partial charge in [0.25, 0.3) is 5.91 Å². The molecular formula is C28H26N4O3S2. The van der Waals surface area contributed by atoms with Crippen molar-refractivity contribution in [2.45, 2.75) is 32.4 Å². The zero-order valence-electron chi connectivity index (χ0n) is 20.3. The number of nitrogens with zero attached hydrogens (tertiary/aromatic N) is 3. The van der Waals surface area contributed by atoms with Gasteiger partial charge in [-0.05, 0) is 43.2 Å². The quantitative estimate of drug-likeness (QED) is 0.266. The number of rotatable bonds is 10. The lowest BCUT2D eigenvalue weighted by Crippen LogP contribution is -2.50. The maximum absolute atomic E-state index is 14.0. The summed E-state index contributed by atoms with van der Waals surface area (Å²) >= 11 is 2.98. The summed E-state index contributed by atoms with van der Waals surface area (Å²) < 4.78 is 5.39. The number of hydrogen-bond acceptors (Lipinski definition) is 7. The Kier molecular flexibility index (Phi) is 7.72. The minimum Gasteiger partial charge on any atom is -0.464 e. The van der Waals surface area contributed by atoms with Crippen LogP contribution in [0.3, 0.4) is 0 Å². The Hall–Kier alpha value is -3.82. The summed E-state index contributed by atoms with van der Waals surface area (Å²) in [5.41, 5.74) is 7.79. The summed E-state index contributed by atoms with van der Waals surface area (Å²) in [5, 5.41) is 5.73. The maximum Gasteiger partial charge on any atom is 0.251 e. The zero-order valence-corrected chi connectivity index (χ0v) is 21.9. The normalized spacial score (nSPS) is 11.9. The molecule has 37 heavy (non-hydrogen) atoms. The van der Waals surface area contributed by atoms with E-state index in [0.717, 1.165) is 21.5 Å². The highest BCUT2D eigenvalue weighted by atomic mass is 32.1. The fourth-order valence-corrected chi connectivity index (χ4v) is 5.29. The van der Waals surface area contributed by atoms with Gasteiger partial charge in [0.2, 0.25) is 5.91 Å². The van der Waals surface area contributed by atoms with E-state index >= 15 is 0 Å². The van der Waals surface area contributed by atoms with Crippen LogP contribution in [0.4, 0.5) is 0 Å². The molecule has 0 spiro atoms. The average molecular weight is 531 g/mol. The van der Waals surface area contributed by atoms with Crippen LogP contribution in [-0.2, 0) is 24.2 Å². The standard InChI is InChI=1S/C28H26N4O3S2/c1-19-2-4-20(5-3-19)8-10-32(15-24-14-29-17-37-24)28(34)25(13-23-16-36-18-30-23)31-27(33)22-6-7-26-21(12-22)9-11-35-26/h2-7,9,11-12,14,16-18,25H,8,10,13,15H2,1H3,(H,31,33)/t25-/m0/s1. The van der Waals surface area contributed by atoms with Crippen molar-refractivity contribution in [2.75, 3.05) is 6.54 Å². The summed E-state index contributed by atoms with van der Waals surface area (Å²) in [6.07, 6.45) is 4.39. The van der Waals surface area contributed by atoms with Crippen LogP contribution in [0.1, 0.15) is 32.1 Å². The topological polar surface area (TPSA) is 88.3 Å². The molecule has 2 aromatic carbocycles. The van der Waals surface area contributed by atoms with Crippen molar-refractivity contribution in [3.05, 3.63) is 105 Å². The predicted molar refractivity (Wildman–Crippen MR) is 146 cm³/mol. The Labute approximate surface area is 222 Å². The van der Waals surface area contributed by atoms with Crippen molar-refractivity contribution in [1.82, 2.24) is 20.2 Å². The van der Waals surface area contributed by atoms with E-state index < -0.39 is 6.04 Å². The molecule has 188 valence electrons. The molecule has 3 heterocycles. The largest absolute Gasteiger partial charge is 0.464 e. The highest BCUT2D eigenvalue weighted by Gasteiger charge is 2.28. The van der Waals surface area contributed by atoms with Gasteiger partial charge in [-0.3, -0.25) is 14.6 Å². The SMILES string of the molecule is Cc1ccc(CCN(Cc2cncs2)C(=O)[C@H](Cc2cscn2)NC(=O)c2ccc3occc3c2)cc1. The Balaban J connectivity index is 1.38. The van der Waals surface area contributed by atoms with Gasteiger partial charge >= 0.3 is 0 Å². The van der Waals surface area contributed by atoms with Gasteiger partial charge in [-0.25, -0.2) is 4.98 Å². The molecule has 0 fully saturated rings. The number of carbonyl (C=O) groups is 2. The number of aromatic nitrogens is 2. The molecular weight excluding hydrogens is 504 g/mol. The smallest absolute Gasteiger partial charge is 0.251 e. The minimum atomic E-state index is -0.763. The van der Waals surface area contributed by atoms with E-state index in [1.807, 2.05) is 16.3 Å². The molecule has 3 aromatic heterocycles. The summed E-state index contributed by atoms with van der Waals surface area (Å²) in [6.45, 7) is 3.00. The number of carbonyl (C=O) groups excluding carboxylic acids is 2. The molecule has 5 rings (SSSR count). The van der Waals surface area contributed by atoms with Crippen molar-refractivity contribution < 1.29 is 14.0 Å². The average Bonchev–Trinajstić information content (AvgIpc) is 3.69. The monoisotopic (exact) mass is 530 g/mol. The minimum absolute atomic E-state index is 0.147. The van der Waals surface area contributed by atoms with Gasteiger partial charge in [0.1, 0.15) is 11.6 Å². The number of fused-ring (bicyclic) bond motifs is 1. The number of thiazole rings is 2. The molecule has 1 N–H and O–H groups in total. The molecule has 9 heteroatoms. The van der Waals surface area contributed by atoms with Crippen LogP contribution >= 0.6 is 22.7 Å². The first-order chi connectivity index (χ1) is 18.0. The van der Waals surface area contributed by atoms with Crippen LogP contribution in [0.5, 0.6) is 0 Å². The van der Waals surface area contributed by atoms with Crippen LogP contribution in [0.25, 0.3) is 11.0 Å².